The zero-order valence-corrected chi connectivity index (χ0v) is 10.7. The second-order valence-corrected chi connectivity index (χ2v) is 4.89. The first-order chi connectivity index (χ1) is 8.81. The minimum Gasteiger partial charge on any atom is -0.461 e. The summed E-state index contributed by atoms with van der Waals surface area (Å²) in [6, 6.07) is 3.86. The summed E-state index contributed by atoms with van der Waals surface area (Å²) in [7, 11) is 0. The summed E-state index contributed by atoms with van der Waals surface area (Å²) >= 11 is 0. The molecule has 1 aliphatic rings. The molecule has 0 amide bonds. The van der Waals surface area contributed by atoms with Crippen LogP contribution in [0.4, 0.5) is 0 Å². The van der Waals surface area contributed by atoms with Crippen LogP contribution in [0.15, 0.2) is 22.8 Å². The lowest BCUT2D eigenvalue weighted by molar-refractivity contribution is 0.0790. The summed E-state index contributed by atoms with van der Waals surface area (Å²) in [5, 5.41) is 9.13. The molecule has 0 bridgehead atoms. The number of Topliss-reactive ketones (excluding diaryl/α,β-unsaturated/α-hetero) is 1. The van der Waals surface area contributed by atoms with Gasteiger partial charge in [0.1, 0.15) is 0 Å². The maximum atomic E-state index is 12.0. The van der Waals surface area contributed by atoms with Crippen molar-refractivity contribution in [1.29, 1.82) is 0 Å². The molecule has 1 fully saturated rings. The molecule has 2 rings (SSSR count). The van der Waals surface area contributed by atoms with Crippen molar-refractivity contribution in [3.63, 3.8) is 0 Å². The van der Waals surface area contributed by atoms with E-state index in [0.29, 0.717) is 24.9 Å². The van der Waals surface area contributed by atoms with Crippen LogP contribution in [0.5, 0.6) is 0 Å². The molecule has 100 valence electrons. The van der Waals surface area contributed by atoms with E-state index in [1.54, 1.807) is 12.1 Å². The molecule has 1 saturated carbocycles. The fraction of sp³-hybridized carbons (Fsp3) is 0.643. The van der Waals surface area contributed by atoms with Crippen LogP contribution in [-0.2, 0) is 0 Å². The van der Waals surface area contributed by atoms with E-state index in [2.05, 4.69) is 4.90 Å². The molecule has 1 N–H and O–H groups in total. The van der Waals surface area contributed by atoms with Crippen molar-refractivity contribution < 1.29 is 14.3 Å². The summed E-state index contributed by atoms with van der Waals surface area (Å²) in [5.74, 6) is 0.410. The number of carbonyl (C=O) groups is 1. The maximum absolute atomic E-state index is 12.0. The lowest BCUT2D eigenvalue weighted by Gasteiger charge is -2.33. The van der Waals surface area contributed by atoms with E-state index < -0.39 is 0 Å². The monoisotopic (exact) mass is 251 g/mol. The highest BCUT2D eigenvalue weighted by molar-refractivity contribution is 5.95. The quantitative estimate of drug-likeness (QED) is 0.787. The summed E-state index contributed by atoms with van der Waals surface area (Å²) in [4.78, 5) is 14.1. The smallest absolute Gasteiger partial charge is 0.211 e. The van der Waals surface area contributed by atoms with E-state index in [9.17, 15) is 4.79 Å². The molecule has 1 aromatic rings. The van der Waals surface area contributed by atoms with Gasteiger partial charge in [-0.2, -0.15) is 0 Å². The first-order valence-electron chi connectivity index (χ1n) is 6.73. The van der Waals surface area contributed by atoms with E-state index in [1.165, 1.54) is 25.5 Å². The van der Waals surface area contributed by atoms with Crippen molar-refractivity contribution in [2.45, 2.75) is 38.1 Å². The Morgan fingerprint density at radius 2 is 2.17 bits per heavy atom. The average Bonchev–Trinajstić information content (AvgIpc) is 2.93. The summed E-state index contributed by atoms with van der Waals surface area (Å²) in [6.07, 6.45) is 7.51. The molecule has 4 heteroatoms. The Morgan fingerprint density at radius 3 is 2.78 bits per heavy atom. The van der Waals surface area contributed by atoms with Gasteiger partial charge in [-0.25, -0.2) is 0 Å². The van der Waals surface area contributed by atoms with E-state index in [1.807, 2.05) is 0 Å². The molecule has 1 aliphatic carbocycles. The molecule has 1 aromatic heterocycles. The first kappa shape index (κ1) is 13.3. The van der Waals surface area contributed by atoms with E-state index >= 15 is 0 Å². The predicted octanol–water partition coefficient (Wildman–Crippen LogP) is 2.09. The number of rotatable bonds is 6. The van der Waals surface area contributed by atoms with Gasteiger partial charge >= 0.3 is 0 Å². The number of furan rings is 1. The van der Waals surface area contributed by atoms with Crippen LogP contribution in [0, 0.1) is 0 Å². The Labute approximate surface area is 108 Å². The van der Waals surface area contributed by atoms with Gasteiger partial charge < -0.3 is 9.52 Å². The molecule has 0 aromatic carbocycles. The normalized spacial score (nSPS) is 17.2. The number of ketones is 1. The highest BCUT2D eigenvalue weighted by Crippen LogP contribution is 2.22. The number of carbonyl (C=O) groups excluding carboxylic acids is 1. The van der Waals surface area contributed by atoms with Crippen LogP contribution >= 0.6 is 0 Å². The Hall–Kier alpha value is -1.13. The van der Waals surface area contributed by atoms with Gasteiger partial charge in [0.25, 0.3) is 0 Å². The fourth-order valence-corrected chi connectivity index (χ4v) is 2.66. The van der Waals surface area contributed by atoms with Gasteiger partial charge in [-0.3, -0.25) is 9.69 Å². The number of aliphatic hydroxyl groups excluding tert-OH is 1. The van der Waals surface area contributed by atoms with E-state index in [-0.39, 0.29) is 12.4 Å². The third-order valence-electron chi connectivity index (χ3n) is 3.62. The lowest BCUT2D eigenvalue weighted by atomic mass is 9.94. The number of aliphatic hydroxyl groups is 1. The van der Waals surface area contributed by atoms with Crippen LogP contribution in [0.25, 0.3) is 0 Å². The van der Waals surface area contributed by atoms with Crippen molar-refractivity contribution in [2.75, 3.05) is 19.7 Å². The Morgan fingerprint density at radius 1 is 1.39 bits per heavy atom. The lowest BCUT2D eigenvalue weighted by Crippen LogP contribution is -2.41. The predicted molar refractivity (Wildman–Crippen MR) is 68.6 cm³/mol. The average molecular weight is 251 g/mol. The molecule has 0 saturated heterocycles. The Kier molecular flexibility index (Phi) is 4.96. The zero-order valence-electron chi connectivity index (χ0n) is 10.7. The number of nitrogens with zero attached hydrogens (tertiary/aromatic N) is 1. The van der Waals surface area contributed by atoms with Crippen molar-refractivity contribution in [3.8, 4) is 0 Å². The molecule has 4 nitrogen and oxygen atoms in total. The fourth-order valence-electron chi connectivity index (χ4n) is 2.66. The molecule has 0 radical (unpaired) electrons. The highest BCUT2D eigenvalue weighted by Gasteiger charge is 2.23. The SMILES string of the molecule is O=C(CN(CCO)C1CCCCC1)c1ccco1. The van der Waals surface area contributed by atoms with Crippen LogP contribution in [0.1, 0.15) is 42.7 Å². The summed E-state index contributed by atoms with van der Waals surface area (Å²) < 4.78 is 5.12. The number of hydrogen-bond donors (Lipinski definition) is 1. The molecule has 0 atom stereocenters. The first-order valence-corrected chi connectivity index (χ1v) is 6.73. The van der Waals surface area contributed by atoms with E-state index in [4.69, 9.17) is 9.52 Å². The molecular formula is C14H21NO3. The summed E-state index contributed by atoms with van der Waals surface area (Å²) in [5.41, 5.74) is 0. The van der Waals surface area contributed by atoms with Crippen LogP contribution < -0.4 is 0 Å². The van der Waals surface area contributed by atoms with Crippen molar-refractivity contribution in [1.82, 2.24) is 4.90 Å². The minimum absolute atomic E-state index is 0.000904. The van der Waals surface area contributed by atoms with Crippen molar-refractivity contribution in [2.24, 2.45) is 0 Å². The highest BCUT2D eigenvalue weighted by atomic mass is 16.3. The molecule has 0 aliphatic heterocycles. The van der Waals surface area contributed by atoms with Gasteiger partial charge in [0, 0.05) is 12.6 Å². The zero-order chi connectivity index (χ0) is 12.8. The van der Waals surface area contributed by atoms with Crippen LogP contribution in [0.2, 0.25) is 0 Å². The Balaban J connectivity index is 1.94. The molecule has 18 heavy (non-hydrogen) atoms. The second kappa shape index (κ2) is 6.71. The molecule has 1 heterocycles. The Bertz CT molecular complexity index is 355. The van der Waals surface area contributed by atoms with Gasteiger partial charge in [-0.15, -0.1) is 0 Å². The third-order valence-corrected chi connectivity index (χ3v) is 3.62. The number of hydrogen-bond acceptors (Lipinski definition) is 4. The van der Waals surface area contributed by atoms with Crippen molar-refractivity contribution in [3.05, 3.63) is 24.2 Å². The largest absolute Gasteiger partial charge is 0.461 e. The molecular weight excluding hydrogens is 230 g/mol. The minimum atomic E-state index is -0.000904. The topological polar surface area (TPSA) is 53.7 Å². The molecule has 0 unspecified atom stereocenters. The van der Waals surface area contributed by atoms with Gasteiger partial charge in [0.05, 0.1) is 19.4 Å². The van der Waals surface area contributed by atoms with Gasteiger partial charge in [-0.1, -0.05) is 19.3 Å². The van der Waals surface area contributed by atoms with Crippen LogP contribution in [-0.4, -0.2) is 41.5 Å². The van der Waals surface area contributed by atoms with Gasteiger partial charge in [-0.05, 0) is 25.0 Å². The van der Waals surface area contributed by atoms with Crippen LogP contribution in [0.3, 0.4) is 0 Å². The summed E-state index contributed by atoms with van der Waals surface area (Å²) in [6.45, 7) is 1.01. The maximum Gasteiger partial charge on any atom is 0.211 e. The van der Waals surface area contributed by atoms with Crippen molar-refractivity contribution >= 4 is 5.78 Å². The third kappa shape index (κ3) is 3.43. The van der Waals surface area contributed by atoms with E-state index in [0.717, 1.165) is 12.8 Å². The molecule has 0 spiro atoms. The van der Waals surface area contributed by atoms with Gasteiger partial charge in [0.15, 0.2) is 5.76 Å². The second-order valence-electron chi connectivity index (χ2n) is 4.89. The van der Waals surface area contributed by atoms with Gasteiger partial charge in [0.2, 0.25) is 5.78 Å². The standard InChI is InChI=1S/C14H21NO3/c16-9-8-15(12-5-2-1-3-6-12)11-13(17)14-7-4-10-18-14/h4,7,10,12,16H,1-3,5-6,8-9,11H2.